The molecule has 3 fully saturated rings. The van der Waals surface area contributed by atoms with E-state index in [4.69, 9.17) is 66.4 Å². The lowest BCUT2D eigenvalue weighted by Gasteiger charge is -2.40. The number of aromatic amines is 1. The fraction of sp³-hybridized carbons (Fsp3) is 0.312. The maximum absolute atomic E-state index is 16.6. The van der Waals surface area contributed by atoms with Gasteiger partial charge in [-0.2, -0.15) is 10.2 Å². The number of methoxy groups -OCH3 is 5. The normalized spacial score (nSPS) is 21.0. The van der Waals surface area contributed by atoms with E-state index in [1.165, 1.54) is 24.3 Å². The number of phosphoric acid groups is 1. The van der Waals surface area contributed by atoms with Gasteiger partial charge >= 0.3 is 7.82 Å². The van der Waals surface area contributed by atoms with Gasteiger partial charge in [0.25, 0.3) is 11.5 Å². The summed E-state index contributed by atoms with van der Waals surface area (Å²) in [6.45, 7) is 4.43. The van der Waals surface area contributed by atoms with Crippen molar-refractivity contribution in [3.8, 4) is 29.1 Å². The number of hydrogen-bond acceptors (Lipinski definition) is 21. The molecule has 3 aliphatic rings. The van der Waals surface area contributed by atoms with E-state index >= 15 is 4.57 Å². The highest BCUT2D eigenvalue weighted by Gasteiger charge is 2.73. The smallest absolute Gasteiger partial charge is 0.475 e. The van der Waals surface area contributed by atoms with Crippen LogP contribution in [0.3, 0.4) is 0 Å². The largest absolute Gasteiger partial charge is 0.497 e. The van der Waals surface area contributed by atoms with Crippen LogP contribution in [-0.4, -0.2) is 131 Å². The van der Waals surface area contributed by atoms with E-state index in [1.54, 1.807) is 72.9 Å². The zero-order chi connectivity index (χ0) is 74.6. The number of rotatable bonds is 30. The lowest BCUT2D eigenvalue weighted by atomic mass is 9.79. The molecule has 11 aromatic rings. The van der Waals surface area contributed by atoms with E-state index in [2.05, 4.69) is 31.7 Å². The second-order valence-electron chi connectivity index (χ2n) is 26.7. The second kappa shape index (κ2) is 30.8. The van der Waals surface area contributed by atoms with Gasteiger partial charge in [-0.25, -0.2) is 24.5 Å². The number of nitrogens with one attached hydrogen (secondary N) is 3. The van der Waals surface area contributed by atoms with Gasteiger partial charge in [-0.05, 0) is 106 Å². The van der Waals surface area contributed by atoms with Crippen molar-refractivity contribution in [1.82, 2.24) is 39.0 Å². The molecule has 14 rings (SSSR count). The molecule has 107 heavy (non-hydrogen) atoms. The van der Waals surface area contributed by atoms with E-state index in [9.17, 15) is 19.6 Å². The zero-order valence-electron chi connectivity index (χ0n) is 60.0. The molecule has 0 spiro atoms. The average molecular weight is 1470 g/mol. The number of ether oxygens (including phenoxy) is 8. The number of nitrogens with zero attached hydrogens (tertiary/aromatic N) is 8. The Morgan fingerprint density at radius 2 is 1.18 bits per heavy atom. The third-order valence-corrected chi connectivity index (χ3v) is 22.1. The number of phosphoric ester groups is 1. The molecule has 2 amide bonds. The Bertz CT molecular complexity index is 5010. The summed E-state index contributed by atoms with van der Waals surface area (Å²) in [5.74, 6) is -0.312. The van der Waals surface area contributed by atoms with Gasteiger partial charge in [0, 0.05) is 30.4 Å². The van der Waals surface area contributed by atoms with Gasteiger partial charge < -0.3 is 47.8 Å². The van der Waals surface area contributed by atoms with Crippen molar-refractivity contribution in [2.24, 2.45) is 23.7 Å². The molecule has 1 saturated heterocycles. The van der Waals surface area contributed by atoms with E-state index in [1.807, 2.05) is 175 Å². The maximum Gasteiger partial charge on any atom is 0.475 e. The van der Waals surface area contributed by atoms with Gasteiger partial charge in [0.2, 0.25) is 11.9 Å². The van der Waals surface area contributed by atoms with Crippen LogP contribution in [0.25, 0.3) is 22.3 Å². The summed E-state index contributed by atoms with van der Waals surface area (Å²) in [7, 11) is 2.89. The van der Waals surface area contributed by atoms with Crippen molar-refractivity contribution in [2.75, 3.05) is 66.0 Å². The van der Waals surface area contributed by atoms with Crippen molar-refractivity contribution in [1.29, 1.82) is 5.26 Å². The standard InChI is InChI=1S/C80H80N11O15P/c1-49(2)73(92)88-77-87-72-66(75(94)89-77)84-47-90(72)76-69(105-80(53-23-16-11-17-24-53,56-29-37-60(98-6)38-30-56)57-31-39-61(99-7)40-32-57)68(100-8)64(104-76)45-103-107(95,102-42-18-41-81)106-67-50(3)78(91-48-85-65-70(82-46-83-71(65)91)86-74(93)51-19-12-9-13-20-51)43-63(78)62(67)44-101-79(52-21-14-10-15-22-52,54-25-33-58(96-4)34-26-54)55-27-35-59(97-5)36-28-55/h9-17,19-40,46-50,62-64,67-69,76H,18,42-45H2,1-8H3,(H,82,83,86,93)(H2,87,88,89,92,94)/t50-,62+,63+,64-,67+,68-,69-,76-,78?,107?/m1/s1. The Morgan fingerprint density at radius 1 is 0.645 bits per heavy atom. The molecule has 10 atom stereocenters. The molecule has 2 saturated carbocycles. The number of amides is 2. The fourth-order valence-corrected chi connectivity index (χ4v) is 16.6. The van der Waals surface area contributed by atoms with Crippen molar-refractivity contribution in [2.45, 2.75) is 81.0 Å². The second-order valence-corrected chi connectivity index (χ2v) is 28.3. The van der Waals surface area contributed by atoms with E-state index in [0.29, 0.717) is 62.8 Å². The quantitative estimate of drug-likeness (QED) is 0.0214. The fourth-order valence-electron chi connectivity index (χ4n) is 15.2. The van der Waals surface area contributed by atoms with Crippen molar-refractivity contribution < 1.29 is 65.6 Å². The third-order valence-electron chi connectivity index (χ3n) is 20.6. The summed E-state index contributed by atoms with van der Waals surface area (Å²) in [6, 6.07) is 60.6. The van der Waals surface area contributed by atoms with Crippen LogP contribution >= 0.6 is 7.82 Å². The van der Waals surface area contributed by atoms with Crippen LogP contribution in [-0.2, 0) is 58.6 Å². The minimum atomic E-state index is -4.96. The lowest BCUT2D eigenvalue weighted by molar-refractivity contribution is -0.126. The minimum absolute atomic E-state index is 0.00686. The lowest BCUT2D eigenvalue weighted by Crippen LogP contribution is -2.45. The first-order chi connectivity index (χ1) is 52.0. The highest BCUT2D eigenvalue weighted by Crippen LogP contribution is 2.71. The molecular formula is C80H80N11O15P. The molecule has 5 heterocycles. The molecule has 2 aliphatic carbocycles. The average Bonchev–Trinajstić information content (AvgIpc) is 1.50. The summed E-state index contributed by atoms with van der Waals surface area (Å²) in [5.41, 5.74) is 1.01. The van der Waals surface area contributed by atoms with E-state index < -0.39 is 96.9 Å². The number of hydrogen-bond donors (Lipinski definition) is 3. The molecule has 27 heteroatoms. The first-order valence-electron chi connectivity index (χ1n) is 35.0. The maximum atomic E-state index is 16.6. The van der Waals surface area contributed by atoms with E-state index in [0.717, 1.165) is 16.7 Å². The number of benzene rings is 7. The van der Waals surface area contributed by atoms with Gasteiger partial charge in [0.15, 0.2) is 34.4 Å². The Hall–Kier alpha value is -11.0. The first-order valence-corrected chi connectivity index (χ1v) is 36.5. The van der Waals surface area contributed by atoms with Gasteiger partial charge in [0.05, 0.1) is 85.0 Å². The molecule has 4 aromatic heterocycles. The van der Waals surface area contributed by atoms with Crippen LogP contribution in [0.5, 0.6) is 23.0 Å². The van der Waals surface area contributed by atoms with Crippen molar-refractivity contribution in [3.63, 3.8) is 0 Å². The molecule has 26 nitrogen and oxygen atoms in total. The summed E-state index contributed by atoms with van der Waals surface area (Å²) in [5, 5.41) is 15.8. The van der Waals surface area contributed by atoms with Crippen molar-refractivity contribution >= 4 is 53.7 Å². The van der Waals surface area contributed by atoms with Crippen LogP contribution < -0.4 is 35.1 Å². The topological polar surface area (TPSA) is 308 Å². The third kappa shape index (κ3) is 13.8. The number of carbonyl (C=O) groups is 2. The van der Waals surface area contributed by atoms with Crippen LogP contribution in [0.2, 0.25) is 0 Å². The summed E-state index contributed by atoms with van der Waals surface area (Å²) in [4.78, 5) is 67.2. The highest BCUT2D eigenvalue weighted by molar-refractivity contribution is 7.48. The van der Waals surface area contributed by atoms with Crippen LogP contribution in [0.1, 0.15) is 83.6 Å². The highest BCUT2D eigenvalue weighted by atomic mass is 31.2. The van der Waals surface area contributed by atoms with Crippen LogP contribution in [0, 0.1) is 35.0 Å². The molecule has 0 bridgehead atoms. The number of nitriles is 1. The Morgan fingerprint density at radius 3 is 1.72 bits per heavy atom. The molecule has 550 valence electrons. The summed E-state index contributed by atoms with van der Waals surface area (Å²) < 4.78 is 92.5. The number of carbonyl (C=O) groups excluding carboxylic acids is 2. The van der Waals surface area contributed by atoms with E-state index in [-0.39, 0.29) is 48.5 Å². The summed E-state index contributed by atoms with van der Waals surface area (Å²) in [6.07, 6.45) is -1.19. The molecule has 7 aromatic carbocycles. The van der Waals surface area contributed by atoms with Gasteiger partial charge in [-0.3, -0.25) is 42.8 Å². The predicted molar refractivity (Wildman–Crippen MR) is 395 cm³/mol. The monoisotopic (exact) mass is 1470 g/mol. The molecule has 3 N–H and O–H groups in total. The summed E-state index contributed by atoms with van der Waals surface area (Å²) >= 11 is 0. The molecule has 2 unspecified atom stereocenters. The van der Waals surface area contributed by atoms with Gasteiger partial charge in [-0.15, -0.1) is 0 Å². The number of fused-ring (bicyclic) bond motifs is 3. The predicted octanol–water partition coefficient (Wildman–Crippen LogP) is 12.6. The SMILES string of the molecule is COc1ccc(C(OC[C@@H]2[C@@H](OP(=O)(OCCC#N)OC[C@H]3O[C@@H](n4cnc5c(=O)[nH]c(NC(=O)C(C)C)nc54)[C@H](OC(c4ccccc4)(c4ccc(OC)cc4)c4ccc(OC)cc4)[C@@H]3OC)[C@@H](C)C3(n4cnc5c(NC(=O)c6ccccc6)ncnc54)C[C@@H]23)(c2ccccc2)c2ccc(OC)cc2)cc1. The molecular weight excluding hydrogens is 1390 g/mol. The Balaban J connectivity index is 0.879. The molecule has 1 aliphatic heterocycles. The van der Waals surface area contributed by atoms with Crippen LogP contribution in [0.4, 0.5) is 11.8 Å². The van der Waals surface area contributed by atoms with Gasteiger partial charge in [0.1, 0.15) is 58.8 Å². The van der Waals surface area contributed by atoms with Crippen molar-refractivity contribution in [3.05, 3.63) is 256 Å². The number of imidazole rings is 2. The first kappa shape index (κ1) is 72.9. The Labute approximate surface area is 616 Å². The number of aromatic nitrogens is 8. The number of anilines is 2. The van der Waals surface area contributed by atoms with Crippen LogP contribution in [0.15, 0.2) is 212 Å². The molecule has 0 radical (unpaired) electrons. The number of H-pyrrole nitrogens is 1. The van der Waals surface area contributed by atoms with Gasteiger partial charge in [-0.1, -0.05) is 148 Å². The minimum Gasteiger partial charge on any atom is -0.497 e. The zero-order valence-corrected chi connectivity index (χ0v) is 60.9. The Kier molecular flexibility index (Phi) is 21.0.